The normalized spacial score (nSPS) is 11.8. The standard InChI is InChI=1S/C23H24BrNO3/c1-27-22-12-19(14-25-15-21(26)18-10-6-3-7-11-18)20(24)13-23(22)28-16-17-8-4-2-5-9-17/h2-13,21,25-26H,14-16H2,1H3. The van der Waals surface area contributed by atoms with Gasteiger partial charge in [0.05, 0.1) is 13.2 Å². The van der Waals surface area contributed by atoms with Crippen LogP contribution in [-0.4, -0.2) is 18.8 Å². The zero-order valence-electron chi connectivity index (χ0n) is 15.8. The van der Waals surface area contributed by atoms with E-state index in [2.05, 4.69) is 21.2 Å². The van der Waals surface area contributed by atoms with Gasteiger partial charge < -0.3 is 19.9 Å². The second-order valence-electron chi connectivity index (χ2n) is 6.43. The van der Waals surface area contributed by atoms with E-state index in [0.29, 0.717) is 31.2 Å². The Morgan fingerprint density at radius 1 is 0.964 bits per heavy atom. The van der Waals surface area contributed by atoms with E-state index in [4.69, 9.17) is 9.47 Å². The Kier molecular flexibility index (Phi) is 7.48. The lowest BCUT2D eigenvalue weighted by molar-refractivity contribution is 0.174. The molecular weight excluding hydrogens is 418 g/mol. The van der Waals surface area contributed by atoms with Crippen LogP contribution in [0.5, 0.6) is 11.5 Å². The third-order valence-corrected chi connectivity index (χ3v) is 5.15. The van der Waals surface area contributed by atoms with Crippen LogP contribution in [0.15, 0.2) is 77.3 Å². The molecule has 0 fully saturated rings. The summed E-state index contributed by atoms with van der Waals surface area (Å²) in [6, 6.07) is 23.5. The van der Waals surface area contributed by atoms with Gasteiger partial charge >= 0.3 is 0 Å². The molecule has 0 heterocycles. The van der Waals surface area contributed by atoms with E-state index in [1.54, 1.807) is 7.11 Å². The van der Waals surface area contributed by atoms with Crippen LogP contribution in [0.25, 0.3) is 0 Å². The molecule has 0 aliphatic heterocycles. The molecule has 3 aromatic carbocycles. The molecule has 3 rings (SSSR count). The van der Waals surface area contributed by atoms with Crippen LogP contribution in [0.4, 0.5) is 0 Å². The highest BCUT2D eigenvalue weighted by atomic mass is 79.9. The SMILES string of the molecule is COc1cc(CNCC(O)c2ccccc2)c(Br)cc1OCc1ccccc1. The highest BCUT2D eigenvalue weighted by Crippen LogP contribution is 2.34. The van der Waals surface area contributed by atoms with Gasteiger partial charge in [-0.05, 0) is 28.8 Å². The molecule has 146 valence electrons. The first-order valence-corrected chi connectivity index (χ1v) is 9.93. The molecule has 2 N–H and O–H groups in total. The van der Waals surface area contributed by atoms with Crippen LogP contribution in [0.3, 0.4) is 0 Å². The molecule has 0 bridgehead atoms. The number of hydrogen-bond donors (Lipinski definition) is 2. The Labute approximate surface area is 174 Å². The van der Waals surface area contributed by atoms with E-state index in [1.807, 2.05) is 72.8 Å². The molecule has 0 aliphatic carbocycles. The monoisotopic (exact) mass is 441 g/mol. The number of benzene rings is 3. The fourth-order valence-electron chi connectivity index (χ4n) is 2.86. The van der Waals surface area contributed by atoms with Gasteiger partial charge in [-0.1, -0.05) is 76.6 Å². The lowest BCUT2D eigenvalue weighted by Gasteiger charge is -2.16. The molecule has 0 saturated carbocycles. The van der Waals surface area contributed by atoms with Gasteiger partial charge in [0.1, 0.15) is 6.61 Å². The van der Waals surface area contributed by atoms with Gasteiger partial charge in [-0.2, -0.15) is 0 Å². The molecule has 0 aromatic heterocycles. The molecule has 0 amide bonds. The smallest absolute Gasteiger partial charge is 0.162 e. The van der Waals surface area contributed by atoms with Gasteiger partial charge in [0, 0.05) is 17.6 Å². The summed E-state index contributed by atoms with van der Waals surface area (Å²) < 4.78 is 12.4. The van der Waals surface area contributed by atoms with E-state index in [9.17, 15) is 5.11 Å². The highest BCUT2D eigenvalue weighted by Gasteiger charge is 2.12. The van der Waals surface area contributed by atoms with Gasteiger partial charge in [-0.3, -0.25) is 0 Å². The molecule has 0 aliphatic rings. The molecule has 1 atom stereocenters. The number of hydrogen-bond acceptors (Lipinski definition) is 4. The van der Waals surface area contributed by atoms with Crippen molar-refractivity contribution in [1.82, 2.24) is 5.32 Å². The summed E-state index contributed by atoms with van der Waals surface area (Å²) in [5, 5.41) is 13.6. The van der Waals surface area contributed by atoms with Crippen molar-refractivity contribution < 1.29 is 14.6 Å². The summed E-state index contributed by atoms with van der Waals surface area (Å²) in [5.74, 6) is 1.37. The van der Waals surface area contributed by atoms with E-state index < -0.39 is 6.10 Å². The number of nitrogens with one attached hydrogen (secondary N) is 1. The van der Waals surface area contributed by atoms with E-state index in [0.717, 1.165) is 21.2 Å². The maximum atomic E-state index is 10.3. The van der Waals surface area contributed by atoms with E-state index >= 15 is 0 Å². The quantitative estimate of drug-likeness (QED) is 0.497. The van der Waals surface area contributed by atoms with Crippen LogP contribution in [-0.2, 0) is 13.2 Å². The summed E-state index contributed by atoms with van der Waals surface area (Å²) in [4.78, 5) is 0. The van der Waals surface area contributed by atoms with Crippen LogP contribution >= 0.6 is 15.9 Å². The van der Waals surface area contributed by atoms with Crippen molar-refractivity contribution >= 4 is 15.9 Å². The summed E-state index contributed by atoms with van der Waals surface area (Å²) in [5.41, 5.74) is 3.03. The third-order valence-electron chi connectivity index (χ3n) is 4.41. The average molecular weight is 442 g/mol. The lowest BCUT2D eigenvalue weighted by Crippen LogP contribution is -2.21. The van der Waals surface area contributed by atoms with Crippen molar-refractivity contribution in [2.45, 2.75) is 19.3 Å². The second kappa shape index (κ2) is 10.3. The molecule has 28 heavy (non-hydrogen) atoms. The van der Waals surface area contributed by atoms with Gasteiger partial charge in [-0.25, -0.2) is 0 Å². The molecule has 0 radical (unpaired) electrons. The first-order chi connectivity index (χ1) is 13.7. The number of halogens is 1. The third kappa shape index (κ3) is 5.58. The molecule has 0 spiro atoms. The fraction of sp³-hybridized carbons (Fsp3) is 0.217. The number of ether oxygens (including phenoxy) is 2. The van der Waals surface area contributed by atoms with Gasteiger partial charge in [0.25, 0.3) is 0 Å². The second-order valence-corrected chi connectivity index (χ2v) is 7.28. The van der Waals surface area contributed by atoms with Crippen LogP contribution in [0.1, 0.15) is 22.8 Å². The highest BCUT2D eigenvalue weighted by molar-refractivity contribution is 9.10. The Hall–Kier alpha value is -2.34. The minimum atomic E-state index is -0.546. The number of aliphatic hydroxyl groups excluding tert-OH is 1. The van der Waals surface area contributed by atoms with Crippen LogP contribution in [0, 0.1) is 0 Å². The van der Waals surface area contributed by atoms with Gasteiger partial charge in [-0.15, -0.1) is 0 Å². The topological polar surface area (TPSA) is 50.7 Å². The summed E-state index contributed by atoms with van der Waals surface area (Å²) in [7, 11) is 1.63. The zero-order chi connectivity index (χ0) is 19.8. The molecule has 1 unspecified atom stereocenters. The van der Waals surface area contributed by atoms with Crippen molar-refractivity contribution in [2.75, 3.05) is 13.7 Å². The van der Waals surface area contributed by atoms with E-state index in [-0.39, 0.29) is 0 Å². The molecule has 4 nitrogen and oxygen atoms in total. The van der Waals surface area contributed by atoms with Gasteiger partial charge in [0.2, 0.25) is 0 Å². The fourth-order valence-corrected chi connectivity index (χ4v) is 3.32. The predicted octanol–water partition coefficient (Wildman–Crippen LogP) is 4.86. The van der Waals surface area contributed by atoms with Crippen molar-refractivity contribution in [3.05, 3.63) is 94.0 Å². The zero-order valence-corrected chi connectivity index (χ0v) is 17.4. The minimum Gasteiger partial charge on any atom is -0.493 e. The summed E-state index contributed by atoms with van der Waals surface area (Å²) in [6.07, 6.45) is -0.546. The number of rotatable bonds is 9. The maximum Gasteiger partial charge on any atom is 0.162 e. The molecular formula is C23H24BrNO3. The van der Waals surface area contributed by atoms with Crippen LogP contribution in [0.2, 0.25) is 0 Å². The lowest BCUT2D eigenvalue weighted by atomic mass is 10.1. The maximum absolute atomic E-state index is 10.3. The first-order valence-electron chi connectivity index (χ1n) is 9.14. The summed E-state index contributed by atoms with van der Waals surface area (Å²) >= 11 is 3.61. The minimum absolute atomic E-state index is 0.463. The summed E-state index contributed by atoms with van der Waals surface area (Å²) in [6.45, 7) is 1.54. The van der Waals surface area contributed by atoms with Crippen molar-refractivity contribution in [3.63, 3.8) is 0 Å². The number of aliphatic hydroxyl groups is 1. The predicted molar refractivity (Wildman–Crippen MR) is 115 cm³/mol. The van der Waals surface area contributed by atoms with Crippen molar-refractivity contribution in [1.29, 1.82) is 0 Å². The molecule has 3 aromatic rings. The average Bonchev–Trinajstić information content (AvgIpc) is 2.74. The van der Waals surface area contributed by atoms with Crippen molar-refractivity contribution in [3.8, 4) is 11.5 Å². The Morgan fingerprint density at radius 3 is 2.32 bits per heavy atom. The largest absolute Gasteiger partial charge is 0.493 e. The number of methoxy groups -OCH3 is 1. The van der Waals surface area contributed by atoms with Crippen molar-refractivity contribution in [2.24, 2.45) is 0 Å². The van der Waals surface area contributed by atoms with Gasteiger partial charge in [0.15, 0.2) is 11.5 Å². The molecule has 5 heteroatoms. The molecule has 0 saturated heterocycles. The first kappa shape index (κ1) is 20.4. The van der Waals surface area contributed by atoms with Crippen LogP contribution < -0.4 is 14.8 Å². The van der Waals surface area contributed by atoms with E-state index in [1.165, 1.54) is 0 Å². The Balaban J connectivity index is 1.60. The Bertz CT molecular complexity index is 872. The Morgan fingerprint density at radius 2 is 1.64 bits per heavy atom.